The Bertz CT molecular complexity index is 2210. The molecule has 3 aromatic carbocycles. The number of nitrogens with one attached hydrogen (secondary N) is 2. The van der Waals surface area contributed by atoms with Crippen LogP contribution in [0.1, 0.15) is 84.7 Å². The van der Waals surface area contributed by atoms with Crippen LogP contribution in [0.5, 0.6) is 0 Å². The summed E-state index contributed by atoms with van der Waals surface area (Å²) in [5, 5.41) is 12.3. The van der Waals surface area contributed by atoms with Crippen molar-refractivity contribution in [3.8, 4) is 0 Å². The van der Waals surface area contributed by atoms with Crippen molar-refractivity contribution in [2.75, 3.05) is 18.5 Å². The van der Waals surface area contributed by atoms with E-state index in [1.165, 1.54) is 46.0 Å². The van der Waals surface area contributed by atoms with Crippen LogP contribution < -0.4 is 10.6 Å². The summed E-state index contributed by atoms with van der Waals surface area (Å²) in [7, 11) is -4.68. The molecule has 2 N–H and O–H groups in total. The predicted octanol–water partition coefficient (Wildman–Crippen LogP) is 5.95. The largest absolute Gasteiger partial charge is 0.466 e. The van der Waals surface area contributed by atoms with Crippen LogP contribution >= 0.6 is 11.3 Å². The summed E-state index contributed by atoms with van der Waals surface area (Å²) in [5.41, 5.74) is -2.52. The van der Waals surface area contributed by atoms with E-state index in [1.807, 2.05) is 91.0 Å². The Morgan fingerprint density at radius 3 is 1.82 bits per heavy atom. The molecule has 0 unspecified atom stereocenters. The molecule has 2 heterocycles. The molecule has 1 aliphatic rings. The van der Waals surface area contributed by atoms with Gasteiger partial charge < -0.3 is 24.9 Å². The fraction of sp³-hybridized carbons (Fsp3) is 0.395. The molecule has 5 rings (SSSR count). The zero-order valence-electron chi connectivity index (χ0n) is 35.0. The number of oxime groups is 1. The van der Waals surface area contributed by atoms with Gasteiger partial charge in [-0.2, -0.15) is 8.42 Å². The monoisotopic (exact) mass is 861 g/mol. The van der Waals surface area contributed by atoms with Crippen molar-refractivity contribution >= 4 is 56.2 Å². The normalized spacial score (nSPS) is 16.4. The highest BCUT2D eigenvalue weighted by Crippen LogP contribution is 2.41. The predicted molar refractivity (Wildman–Crippen MR) is 226 cm³/mol. The number of thiazole rings is 1. The minimum Gasteiger partial charge on any atom is -0.466 e. The number of hydrogen-bond donors (Lipinski definition) is 2. The third kappa shape index (κ3) is 10.0. The number of esters is 2. The highest BCUT2D eigenvalue weighted by atomic mass is 32.2. The zero-order chi connectivity index (χ0) is 44.1. The van der Waals surface area contributed by atoms with Gasteiger partial charge in [0.05, 0.1) is 24.7 Å². The molecule has 15 nitrogen and oxygen atoms in total. The molecule has 0 saturated carbocycles. The van der Waals surface area contributed by atoms with E-state index in [2.05, 4.69) is 15.8 Å². The minimum absolute atomic E-state index is 0.0245. The maximum atomic E-state index is 14.2. The number of rotatable bonds is 17. The molecule has 17 heteroatoms. The Kier molecular flexibility index (Phi) is 13.6. The number of benzene rings is 3. The van der Waals surface area contributed by atoms with Crippen LogP contribution in [0.15, 0.2) is 102 Å². The van der Waals surface area contributed by atoms with E-state index in [1.54, 1.807) is 33.1 Å². The molecule has 320 valence electrons. The lowest BCUT2D eigenvalue weighted by molar-refractivity contribution is -0.179. The number of hydrogen-bond acceptors (Lipinski definition) is 14. The van der Waals surface area contributed by atoms with Crippen molar-refractivity contribution in [2.45, 2.75) is 91.1 Å². The maximum absolute atomic E-state index is 14.2. The second kappa shape index (κ2) is 17.9. The second-order valence-electron chi connectivity index (χ2n) is 16.2. The van der Waals surface area contributed by atoms with Crippen LogP contribution in [0, 0.1) is 5.41 Å². The van der Waals surface area contributed by atoms with Gasteiger partial charge in [-0.15, -0.1) is 11.3 Å². The number of carbonyl (C=O) groups is 4. The number of amides is 2. The zero-order valence-corrected chi connectivity index (χ0v) is 36.7. The van der Waals surface area contributed by atoms with Crippen molar-refractivity contribution in [3.63, 3.8) is 0 Å². The summed E-state index contributed by atoms with van der Waals surface area (Å²) in [6, 6.07) is 27.0. The summed E-state index contributed by atoms with van der Waals surface area (Å²) < 4.78 is 42.4. The topological polar surface area (TPSA) is 192 Å². The molecule has 1 aromatic heterocycles. The molecule has 1 saturated heterocycles. The average molecular weight is 862 g/mol. The Morgan fingerprint density at radius 2 is 1.35 bits per heavy atom. The molecule has 2 amide bonds. The Hall–Kier alpha value is -5.65. The molecular weight excluding hydrogens is 811 g/mol. The SMILES string of the molecule is CCOC(=O)C(C)(C)COS(=O)(=O)N1C(=O)[C@@H](NC(=O)/C(=N\OC(C)(C)C(=O)OC(C)(C)C)c2csc(NC(c3ccccc3)(c3ccccc3)c3ccccc3)n2)[C@@H]1C. The minimum atomic E-state index is -4.68. The van der Waals surface area contributed by atoms with Crippen LogP contribution in [-0.2, 0) is 53.5 Å². The van der Waals surface area contributed by atoms with E-state index in [-0.39, 0.29) is 12.3 Å². The Labute approximate surface area is 354 Å². The van der Waals surface area contributed by atoms with Crippen molar-refractivity contribution in [1.82, 2.24) is 14.6 Å². The van der Waals surface area contributed by atoms with Gasteiger partial charge in [-0.3, -0.25) is 18.6 Å². The highest BCUT2D eigenvalue weighted by molar-refractivity contribution is 7.85. The molecule has 4 aromatic rings. The summed E-state index contributed by atoms with van der Waals surface area (Å²) in [4.78, 5) is 63.5. The number of carbonyl (C=O) groups excluding carboxylic acids is 4. The van der Waals surface area contributed by atoms with E-state index in [0.29, 0.717) is 9.44 Å². The molecule has 1 aliphatic heterocycles. The average Bonchev–Trinajstić information content (AvgIpc) is 3.66. The quantitative estimate of drug-likeness (QED) is 0.0417. The molecule has 2 atom stereocenters. The second-order valence-corrected chi connectivity index (χ2v) is 18.5. The standard InChI is InChI=1S/C43H51N5O10S2/c1-10-55-37(51)41(6,7)27-56-60(53,54)48-28(2)33(36(48)50)45-35(49)34(47-58-42(8,9)38(52)57-40(3,4)5)32-26-59-39(44-32)46-43(29-20-14-11-15-21-29,30-22-16-12-17-23-30)31-24-18-13-19-25-31/h11-26,28,33H,10,27H2,1-9H3,(H,44,46)(H,45,49)/b47-34-/t28-,33-/m0/s1. The van der Waals surface area contributed by atoms with E-state index in [4.69, 9.17) is 23.5 Å². The van der Waals surface area contributed by atoms with Crippen molar-refractivity contribution in [2.24, 2.45) is 10.6 Å². The van der Waals surface area contributed by atoms with Crippen LogP contribution in [0.2, 0.25) is 0 Å². The van der Waals surface area contributed by atoms with Crippen LogP contribution in [-0.4, -0.2) is 83.7 Å². The summed E-state index contributed by atoms with van der Waals surface area (Å²) in [6.45, 7) is 13.3. The van der Waals surface area contributed by atoms with Gasteiger partial charge in [0.15, 0.2) is 10.8 Å². The first-order valence-electron chi connectivity index (χ1n) is 19.2. The van der Waals surface area contributed by atoms with Gasteiger partial charge in [0.25, 0.3) is 11.8 Å². The van der Waals surface area contributed by atoms with Crippen LogP contribution in [0.4, 0.5) is 5.13 Å². The first-order chi connectivity index (χ1) is 28.1. The maximum Gasteiger partial charge on any atom is 0.365 e. The van der Waals surface area contributed by atoms with Crippen molar-refractivity contribution in [3.05, 3.63) is 119 Å². The Balaban J connectivity index is 1.48. The number of anilines is 1. The Morgan fingerprint density at radius 1 is 0.833 bits per heavy atom. The van der Waals surface area contributed by atoms with Gasteiger partial charge in [0, 0.05) is 5.38 Å². The van der Waals surface area contributed by atoms with Gasteiger partial charge in [-0.25, -0.2) is 14.1 Å². The van der Waals surface area contributed by atoms with Crippen LogP contribution in [0.25, 0.3) is 0 Å². The van der Waals surface area contributed by atoms with Crippen molar-refractivity contribution in [1.29, 1.82) is 0 Å². The number of aromatic nitrogens is 1. The van der Waals surface area contributed by atoms with Gasteiger partial charge in [0.2, 0.25) is 5.60 Å². The number of nitrogens with zero attached hydrogens (tertiary/aromatic N) is 3. The van der Waals surface area contributed by atoms with Gasteiger partial charge >= 0.3 is 22.2 Å². The van der Waals surface area contributed by atoms with E-state index >= 15 is 0 Å². The number of β-lactam (4-membered cyclic amide) rings is 1. The molecule has 0 radical (unpaired) electrons. The fourth-order valence-corrected chi connectivity index (χ4v) is 8.32. The van der Waals surface area contributed by atoms with Crippen molar-refractivity contribution < 1.29 is 46.1 Å². The first-order valence-corrected chi connectivity index (χ1v) is 21.5. The smallest absolute Gasteiger partial charge is 0.365 e. The molecule has 0 aliphatic carbocycles. The van der Waals surface area contributed by atoms with E-state index in [9.17, 15) is 27.6 Å². The fourth-order valence-electron chi connectivity index (χ4n) is 6.15. The highest BCUT2D eigenvalue weighted by Gasteiger charge is 2.53. The summed E-state index contributed by atoms with van der Waals surface area (Å²) in [5.74, 6) is -3.37. The molecular formula is C43H51N5O10S2. The molecule has 1 fully saturated rings. The third-order valence-electron chi connectivity index (χ3n) is 9.39. The lowest BCUT2D eigenvalue weighted by Crippen LogP contribution is -2.71. The third-order valence-corrected chi connectivity index (χ3v) is 11.6. The summed E-state index contributed by atoms with van der Waals surface area (Å²) >= 11 is 1.18. The van der Waals surface area contributed by atoms with E-state index in [0.717, 1.165) is 16.7 Å². The van der Waals surface area contributed by atoms with Gasteiger partial charge in [-0.05, 0) is 79.0 Å². The lowest BCUT2D eigenvalue weighted by atomic mass is 9.77. The first kappa shape index (κ1) is 45.4. The molecule has 60 heavy (non-hydrogen) atoms. The molecule has 0 bridgehead atoms. The van der Waals surface area contributed by atoms with Gasteiger partial charge in [-0.1, -0.05) is 96.2 Å². The van der Waals surface area contributed by atoms with Gasteiger partial charge in [0.1, 0.15) is 22.9 Å². The lowest BCUT2D eigenvalue weighted by Gasteiger charge is -2.43. The number of ether oxygens (including phenoxy) is 2. The van der Waals surface area contributed by atoms with E-state index < -0.39 is 80.6 Å². The summed E-state index contributed by atoms with van der Waals surface area (Å²) in [6.07, 6.45) is 0. The molecule has 0 spiro atoms. The van der Waals surface area contributed by atoms with Crippen LogP contribution in [0.3, 0.4) is 0 Å².